The number of aryl methyl sites for hydroxylation is 1. The highest BCUT2D eigenvalue weighted by Crippen LogP contribution is 2.04. The molecule has 0 atom stereocenters. The van der Waals surface area contributed by atoms with Crippen LogP contribution in [-0.2, 0) is 25.4 Å². The highest BCUT2D eigenvalue weighted by atomic mass is 16.3. The summed E-state index contributed by atoms with van der Waals surface area (Å²) in [5, 5.41) is 11.1. The number of imidazole rings is 1. The second-order valence-corrected chi connectivity index (χ2v) is 4.32. The smallest absolute Gasteiger partial charge is 0.332 e. The molecule has 0 unspecified atom stereocenters. The zero-order valence-electron chi connectivity index (χ0n) is 11.2. The van der Waals surface area contributed by atoms with Crippen molar-refractivity contribution in [1.82, 2.24) is 24.0 Å². The van der Waals surface area contributed by atoms with Crippen molar-refractivity contribution in [3.05, 3.63) is 27.2 Å². The fourth-order valence-electron chi connectivity index (χ4n) is 1.92. The summed E-state index contributed by atoms with van der Waals surface area (Å²) in [6.45, 7) is -0.126. The van der Waals surface area contributed by atoms with Crippen LogP contribution in [0.3, 0.4) is 0 Å². The monoisotopic (exact) mass is 281 g/mol. The van der Waals surface area contributed by atoms with E-state index in [1.54, 1.807) is 0 Å². The molecule has 0 aliphatic rings. The molecule has 0 aliphatic carbocycles. The lowest BCUT2D eigenvalue weighted by molar-refractivity contribution is -0.121. The van der Waals surface area contributed by atoms with Crippen molar-refractivity contribution < 1.29 is 9.90 Å². The summed E-state index contributed by atoms with van der Waals surface area (Å²) >= 11 is 0. The third-order valence-electron chi connectivity index (χ3n) is 2.97. The number of aliphatic hydroxyl groups excluding tert-OH is 1. The summed E-state index contributed by atoms with van der Waals surface area (Å²) in [5.41, 5.74) is -0.560. The zero-order valence-corrected chi connectivity index (χ0v) is 11.2. The van der Waals surface area contributed by atoms with Gasteiger partial charge in [-0.3, -0.25) is 18.7 Å². The Morgan fingerprint density at radius 1 is 1.35 bits per heavy atom. The molecule has 0 spiro atoms. The van der Waals surface area contributed by atoms with Crippen LogP contribution in [0, 0.1) is 0 Å². The highest BCUT2D eigenvalue weighted by molar-refractivity contribution is 5.78. The van der Waals surface area contributed by atoms with E-state index in [0.29, 0.717) is 0 Å². The van der Waals surface area contributed by atoms with Crippen LogP contribution in [0.15, 0.2) is 15.9 Å². The summed E-state index contributed by atoms with van der Waals surface area (Å²) in [4.78, 5) is 39.5. The molecule has 0 saturated carbocycles. The Labute approximate surface area is 113 Å². The number of aromatic nitrogens is 4. The number of nitrogens with one attached hydrogen (secondary N) is 1. The van der Waals surface area contributed by atoms with E-state index in [1.165, 1.54) is 29.6 Å². The number of amides is 1. The number of hydrogen-bond acceptors (Lipinski definition) is 5. The Hall–Kier alpha value is -2.42. The highest BCUT2D eigenvalue weighted by Gasteiger charge is 2.15. The molecule has 0 fully saturated rings. The predicted molar refractivity (Wildman–Crippen MR) is 70.3 cm³/mol. The van der Waals surface area contributed by atoms with Crippen molar-refractivity contribution in [3.8, 4) is 0 Å². The molecule has 108 valence electrons. The maximum atomic E-state index is 12.1. The normalized spacial score (nSPS) is 10.9. The van der Waals surface area contributed by atoms with E-state index in [2.05, 4.69) is 10.3 Å². The van der Waals surface area contributed by atoms with E-state index in [0.717, 1.165) is 4.57 Å². The van der Waals surface area contributed by atoms with Crippen LogP contribution < -0.4 is 16.6 Å². The van der Waals surface area contributed by atoms with E-state index in [4.69, 9.17) is 5.11 Å². The SMILES string of the molecule is Cn1c(=O)c2c(ncn2CC(=O)NCCO)n(C)c1=O. The number of fused-ring (bicyclic) bond motifs is 1. The fraction of sp³-hybridized carbons (Fsp3) is 0.455. The molecular weight excluding hydrogens is 266 g/mol. The van der Waals surface area contributed by atoms with E-state index >= 15 is 0 Å². The minimum absolute atomic E-state index is 0.107. The summed E-state index contributed by atoms with van der Waals surface area (Å²) in [7, 11) is 2.88. The van der Waals surface area contributed by atoms with Crippen LogP contribution in [0.4, 0.5) is 0 Å². The lowest BCUT2D eigenvalue weighted by Crippen LogP contribution is -2.38. The Morgan fingerprint density at radius 2 is 2.05 bits per heavy atom. The van der Waals surface area contributed by atoms with Crippen molar-refractivity contribution >= 4 is 17.1 Å². The standard InChI is InChI=1S/C11H15N5O4/c1-14-9-8(10(19)15(2)11(14)20)16(6-13-9)5-7(18)12-3-4-17/h6,17H,3-5H2,1-2H3,(H,12,18). The second-order valence-electron chi connectivity index (χ2n) is 4.32. The maximum Gasteiger partial charge on any atom is 0.332 e. The van der Waals surface area contributed by atoms with E-state index in [1.807, 2.05) is 0 Å². The van der Waals surface area contributed by atoms with Gasteiger partial charge in [0.1, 0.15) is 6.54 Å². The molecule has 9 nitrogen and oxygen atoms in total. The largest absolute Gasteiger partial charge is 0.395 e. The number of carbonyl (C=O) groups excluding carboxylic acids is 1. The number of rotatable bonds is 4. The van der Waals surface area contributed by atoms with Crippen molar-refractivity contribution in [1.29, 1.82) is 0 Å². The summed E-state index contributed by atoms with van der Waals surface area (Å²) in [6, 6.07) is 0. The van der Waals surface area contributed by atoms with Crippen LogP contribution in [0.2, 0.25) is 0 Å². The summed E-state index contributed by atoms with van der Waals surface area (Å²) < 4.78 is 3.59. The second kappa shape index (κ2) is 5.29. The van der Waals surface area contributed by atoms with Gasteiger partial charge in [-0.2, -0.15) is 0 Å². The average molecular weight is 281 g/mol. The van der Waals surface area contributed by atoms with Crippen molar-refractivity contribution in [3.63, 3.8) is 0 Å². The first kappa shape index (κ1) is 14.0. The lowest BCUT2D eigenvalue weighted by atomic mass is 10.4. The first-order chi connectivity index (χ1) is 9.47. The van der Waals surface area contributed by atoms with Gasteiger partial charge in [0.25, 0.3) is 5.56 Å². The molecule has 20 heavy (non-hydrogen) atoms. The maximum absolute atomic E-state index is 12.1. The molecule has 2 heterocycles. The molecule has 0 saturated heterocycles. The van der Waals surface area contributed by atoms with Gasteiger partial charge in [0.05, 0.1) is 12.9 Å². The van der Waals surface area contributed by atoms with Crippen LogP contribution >= 0.6 is 0 Å². The third kappa shape index (κ3) is 2.23. The Bertz CT molecular complexity index is 769. The van der Waals surface area contributed by atoms with Crippen molar-refractivity contribution in [2.45, 2.75) is 6.54 Å². The minimum atomic E-state index is -0.504. The lowest BCUT2D eigenvalue weighted by Gasteiger charge is -2.07. The number of nitrogens with zero attached hydrogens (tertiary/aromatic N) is 4. The van der Waals surface area contributed by atoms with Gasteiger partial charge < -0.3 is 15.0 Å². The van der Waals surface area contributed by atoms with Crippen molar-refractivity contribution in [2.24, 2.45) is 14.1 Å². The number of carbonyl (C=O) groups is 1. The molecule has 2 aromatic rings. The molecule has 0 bridgehead atoms. The van der Waals surface area contributed by atoms with Gasteiger partial charge in [-0.05, 0) is 0 Å². The molecule has 2 aromatic heterocycles. The van der Waals surface area contributed by atoms with Crippen LogP contribution in [-0.4, -0.2) is 42.9 Å². The first-order valence-electron chi connectivity index (χ1n) is 5.95. The third-order valence-corrected chi connectivity index (χ3v) is 2.97. The Morgan fingerprint density at radius 3 is 2.70 bits per heavy atom. The van der Waals surface area contributed by atoms with Gasteiger partial charge in [-0.25, -0.2) is 9.78 Å². The Kier molecular flexibility index (Phi) is 3.70. The van der Waals surface area contributed by atoms with Gasteiger partial charge in [0.2, 0.25) is 5.91 Å². The number of hydrogen-bond donors (Lipinski definition) is 2. The molecule has 9 heteroatoms. The predicted octanol–water partition coefficient (Wildman–Crippen LogP) is -2.46. The molecule has 0 radical (unpaired) electrons. The van der Waals surface area contributed by atoms with Gasteiger partial charge in [-0.1, -0.05) is 0 Å². The molecule has 2 N–H and O–H groups in total. The molecule has 1 amide bonds. The van der Waals surface area contributed by atoms with Gasteiger partial charge in [0, 0.05) is 20.6 Å². The van der Waals surface area contributed by atoms with Crippen LogP contribution in [0.1, 0.15) is 0 Å². The van der Waals surface area contributed by atoms with E-state index in [-0.39, 0.29) is 36.8 Å². The molecule has 0 aromatic carbocycles. The number of aliphatic hydroxyl groups is 1. The quantitative estimate of drug-likeness (QED) is 0.646. The zero-order chi connectivity index (χ0) is 14.9. The average Bonchev–Trinajstić information content (AvgIpc) is 2.84. The first-order valence-corrected chi connectivity index (χ1v) is 5.95. The minimum Gasteiger partial charge on any atom is -0.395 e. The van der Waals surface area contributed by atoms with Crippen LogP contribution in [0.5, 0.6) is 0 Å². The van der Waals surface area contributed by atoms with Gasteiger partial charge in [-0.15, -0.1) is 0 Å². The van der Waals surface area contributed by atoms with E-state index < -0.39 is 11.2 Å². The van der Waals surface area contributed by atoms with Gasteiger partial charge in [0.15, 0.2) is 11.2 Å². The van der Waals surface area contributed by atoms with E-state index in [9.17, 15) is 14.4 Å². The topological polar surface area (TPSA) is 111 Å². The van der Waals surface area contributed by atoms with Crippen molar-refractivity contribution in [2.75, 3.05) is 13.2 Å². The molecule has 0 aliphatic heterocycles. The molecular formula is C11H15N5O4. The summed E-state index contributed by atoms with van der Waals surface area (Å²) in [5.74, 6) is -0.353. The molecule has 2 rings (SSSR count). The fourth-order valence-corrected chi connectivity index (χ4v) is 1.92. The van der Waals surface area contributed by atoms with Gasteiger partial charge >= 0.3 is 5.69 Å². The Balaban J connectivity index is 2.50. The van der Waals surface area contributed by atoms with Crippen LogP contribution in [0.25, 0.3) is 11.2 Å². The summed E-state index contributed by atoms with van der Waals surface area (Å²) in [6.07, 6.45) is 1.34.